The van der Waals surface area contributed by atoms with Crippen LogP contribution in [0.5, 0.6) is 11.5 Å². The Morgan fingerprint density at radius 2 is 1.84 bits per heavy atom. The summed E-state index contributed by atoms with van der Waals surface area (Å²) in [6.07, 6.45) is 1.40. The normalized spacial score (nSPS) is 10.4. The Hall–Kier alpha value is -3.28. The second-order valence-corrected chi connectivity index (χ2v) is 5.45. The molecule has 1 aromatic heterocycles. The number of methoxy groups -OCH3 is 2. The third-order valence-corrected chi connectivity index (χ3v) is 3.78. The zero-order valence-electron chi connectivity index (χ0n) is 14.2. The van der Waals surface area contributed by atoms with Crippen LogP contribution < -0.4 is 14.8 Å². The summed E-state index contributed by atoms with van der Waals surface area (Å²) in [4.78, 5) is 12.7. The number of aryl methyl sites for hydroxylation is 1. The summed E-state index contributed by atoms with van der Waals surface area (Å²) in [7, 11) is 3.09. The summed E-state index contributed by atoms with van der Waals surface area (Å²) in [5.74, 6) is 1.21. The zero-order valence-corrected chi connectivity index (χ0v) is 14.2. The van der Waals surface area contributed by atoms with Gasteiger partial charge in [0.05, 0.1) is 26.1 Å². The van der Waals surface area contributed by atoms with Crippen molar-refractivity contribution >= 4 is 11.6 Å². The van der Waals surface area contributed by atoms with Crippen LogP contribution in [-0.4, -0.2) is 25.3 Å². The Morgan fingerprint density at radius 1 is 1.08 bits per heavy atom. The molecule has 0 fully saturated rings. The van der Waals surface area contributed by atoms with E-state index < -0.39 is 0 Å². The van der Waals surface area contributed by atoms with E-state index >= 15 is 0 Å². The van der Waals surface area contributed by atoms with Crippen molar-refractivity contribution < 1.29 is 18.8 Å². The SMILES string of the molecule is COc1ccc(OC)c(NC(=O)c2cnoc2-c2ccc(C)cc2)c1. The molecule has 0 radical (unpaired) electrons. The number of aromatic nitrogens is 1. The van der Waals surface area contributed by atoms with E-state index in [1.165, 1.54) is 13.3 Å². The Morgan fingerprint density at radius 3 is 2.52 bits per heavy atom. The van der Waals surface area contributed by atoms with E-state index in [1.807, 2.05) is 31.2 Å². The van der Waals surface area contributed by atoms with Gasteiger partial charge in [0, 0.05) is 11.6 Å². The number of nitrogens with one attached hydrogen (secondary N) is 1. The monoisotopic (exact) mass is 338 g/mol. The van der Waals surface area contributed by atoms with Gasteiger partial charge in [0.15, 0.2) is 5.76 Å². The van der Waals surface area contributed by atoms with Gasteiger partial charge in [0.1, 0.15) is 17.1 Å². The summed E-state index contributed by atoms with van der Waals surface area (Å²) < 4.78 is 15.8. The van der Waals surface area contributed by atoms with Gasteiger partial charge in [-0.15, -0.1) is 0 Å². The molecule has 0 spiro atoms. The van der Waals surface area contributed by atoms with E-state index in [9.17, 15) is 4.79 Å². The zero-order chi connectivity index (χ0) is 17.8. The predicted molar refractivity (Wildman–Crippen MR) is 94.2 cm³/mol. The topological polar surface area (TPSA) is 73.6 Å². The number of hydrogen-bond donors (Lipinski definition) is 1. The number of nitrogens with zero attached hydrogens (tertiary/aromatic N) is 1. The van der Waals surface area contributed by atoms with Gasteiger partial charge in [-0.05, 0) is 19.1 Å². The number of carbonyl (C=O) groups excluding carboxylic acids is 1. The second kappa shape index (κ2) is 7.09. The van der Waals surface area contributed by atoms with Crippen molar-refractivity contribution in [1.29, 1.82) is 0 Å². The molecule has 0 aliphatic rings. The molecule has 0 saturated heterocycles. The van der Waals surface area contributed by atoms with E-state index in [-0.39, 0.29) is 5.91 Å². The molecule has 1 N–H and O–H groups in total. The molecular weight excluding hydrogens is 320 g/mol. The van der Waals surface area contributed by atoms with Gasteiger partial charge in [-0.2, -0.15) is 0 Å². The molecule has 0 bridgehead atoms. The number of rotatable bonds is 5. The molecule has 0 atom stereocenters. The molecule has 6 nitrogen and oxygen atoms in total. The third-order valence-electron chi connectivity index (χ3n) is 3.78. The minimum atomic E-state index is -0.344. The van der Waals surface area contributed by atoms with Crippen LogP contribution >= 0.6 is 0 Å². The highest BCUT2D eigenvalue weighted by molar-refractivity contribution is 6.08. The molecule has 1 amide bonds. The highest BCUT2D eigenvalue weighted by Gasteiger charge is 2.19. The highest BCUT2D eigenvalue weighted by atomic mass is 16.5. The predicted octanol–water partition coefficient (Wildman–Crippen LogP) is 3.92. The molecule has 25 heavy (non-hydrogen) atoms. The van der Waals surface area contributed by atoms with Crippen molar-refractivity contribution in [2.75, 3.05) is 19.5 Å². The molecule has 6 heteroatoms. The minimum Gasteiger partial charge on any atom is -0.497 e. The molecule has 128 valence electrons. The van der Waals surface area contributed by atoms with Crippen LogP contribution in [0.4, 0.5) is 5.69 Å². The number of anilines is 1. The highest BCUT2D eigenvalue weighted by Crippen LogP contribution is 2.30. The van der Waals surface area contributed by atoms with E-state index in [2.05, 4.69) is 10.5 Å². The van der Waals surface area contributed by atoms with Gasteiger partial charge in [-0.3, -0.25) is 4.79 Å². The summed E-state index contributed by atoms with van der Waals surface area (Å²) in [5, 5.41) is 6.58. The Balaban J connectivity index is 1.90. The molecule has 3 rings (SSSR count). The third kappa shape index (κ3) is 3.47. The van der Waals surface area contributed by atoms with Crippen molar-refractivity contribution in [2.24, 2.45) is 0 Å². The number of carbonyl (C=O) groups is 1. The van der Waals surface area contributed by atoms with Crippen molar-refractivity contribution in [2.45, 2.75) is 6.92 Å². The molecule has 0 aliphatic heterocycles. The van der Waals surface area contributed by atoms with E-state index in [1.54, 1.807) is 25.3 Å². The summed E-state index contributed by atoms with van der Waals surface area (Å²) in [6.45, 7) is 1.99. The quantitative estimate of drug-likeness (QED) is 0.763. The molecule has 0 unspecified atom stereocenters. The second-order valence-electron chi connectivity index (χ2n) is 5.45. The summed E-state index contributed by atoms with van der Waals surface area (Å²) >= 11 is 0. The van der Waals surface area contributed by atoms with Gasteiger partial charge in [0.25, 0.3) is 5.91 Å². The maximum Gasteiger partial charge on any atom is 0.261 e. The Kier molecular flexibility index (Phi) is 4.70. The van der Waals surface area contributed by atoms with Crippen LogP contribution in [-0.2, 0) is 0 Å². The first-order valence-corrected chi connectivity index (χ1v) is 7.67. The minimum absolute atomic E-state index is 0.341. The van der Waals surface area contributed by atoms with Gasteiger partial charge in [-0.1, -0.05) is 35.0 Å². The maximum absolute atomic E-state index is 12.7. The van der Waals surface area contributed by atoms with Crippen LogP contribution in [0, 0.1) is 6.92 Å². The molecule has 0 aliphatic carbocycles. The lowest BCUT2D eigenvalue weighted by molar-refractivity contribution is 0.102. The molecule has 1 heterocycles. The first kappa shape index (κ1) is 16.6. The Labute approximate surface area is 145 Å². The average molecular weight is 338 g/mol. The van der Waals surface area contributed by atoms with Crippen LogP contribution in [0.15, 0.2) is 53.2 Å². The van der Waals surface area contributed by atoms with E-state index in [4.69, 9.17) is 14.0 Å². The average Bonchev–Trinajstić information content (AvgIpc) is 3.12. The van der Waals surface area contributed by atoms with Crippen LogP contribution in [0.3, 0.4) is 0 Å². The molecule has 2 aromatic carbocycles. The van der Waals surface area contributed by atoms with E-state index in [0.29, 0.717) is 28.5 Å². The molecule has 0 saturated carbocycles. The van der Waals surface area contributed by atoms with Crippen LogP contribution in [0.1, 0.15) is 15.9 Å². The fourth-order valence-corrected chi connectivity index (χ4v) is 2.42. The lowest BCUT2D eigenvalue weighted by atomic mass is 10.1. The van der Waals surface area contributed by atoms with Gasteiger partial charge in [-0.25, -0.2) is 0 Å². The lowest BCUT2D eigenvalue weighted by Gasteiger charge is -2.11. The van der Waals surface area contributed by atoms with Crippen LogP contribution in [0.2, 0.25) is 0 Å². The smallest absolute Gasteiger partial charge is 0.261 e. The first-order valence-electron chi connectivity index (χ1n) is 7.67. The number of amides is 1. The fourth-order valence-electron chi connectivity index (χ4n) is 2.42. The summed E-state index contributed by atoms with van der Waals surface area (Å²) in [5.41, 5.74) is 2.75. The van der Waals surface area contributed by atoms with Crippen molar-refractivity contribution in [3.63, 3.8) is 0 Å². The lowest BCUT2D eigenvalue weighted by Crippen LogP contribution is -2.13. The summed E-state index contributed by atoms with van der Waals surface area (Å²) in [6, 6.07) is 12.8. The van der Waals surface area contributed by atoms with E-state index in [0.717, 1.165) is 11.1 Å². The standard InChI is InChI=1S/C19H18N2O4/c1-12-4-6-13(7-5-12)18-15(11-20-25-18)19(22)21-16-10-14(23-2)8-9-17(16)24-3/h4-11H,1-3H3,(H,21,22). The van der Waals surface area contributed by atoms with Gasteiger partial charge < -0.3 is 19.3 Å². The van der Waals surface area contributed by atoms with Crippen LogP contribution in [0.25, 0.3) is 11.3 Å². The number of ether oxygens (including phenoxy) is 2. The maximum atomic E-state index is 12.7. The number of hydrogen-bond acceptors (Lipinski definition) is 5. The first-order chi connectivity index (χ1) is 12.1. The van der Waals surface area contributed by atoms with Crippen molar-refractivity contribution in [3.05, 3.63) is 59.8 Å². The molecule has 3 aromatic rings. The van der Waals surface area contributed by atoms with Gasteiger partial charge >= 0.3 is 0 Å². The van der Waals surface area contributed by atoms with Crippen molar-refractivity contribution in [1.82, 2.24) is 5.16 Å². The largest absolute Gasteiger partial charge is 0.497 e. The number of benzene rings is 2. The fraction of sp³-hybridized carbons (Fsp3) is 0.158. The van der Waals surface area contributed by atoms with Crippen molar-refractivity contribution in [3.8, 4) is 22.8 Å². The molecular formula is C19H18N2O4. The Bertz CT molecular complexity index is 885. The van der Waals surface area contributed by atoms with Gasteiger partial charge in [0.2, 0.25) is 0 Å².